The SMILES string of the molecule is CCSCNc1cccc(F)c1C. The fourth-order valence-corrected chi connectivity index (χ4v) is 1.49. The molecule has 0 saturated carbocycles. The first-order valence-corrected chi connectivity index (χ1v) is 5.48. The first kappa shape index (κ1) is 10.4. The van der Waals surface area contributed by atoms with Crippen molar-refractivity contribution >= 4 is 17.4 Å². The maximum absolute atomic E-state index is 13.0. The van der Waals surface area contributed by atoms with Crippen molar-refractivity contribution in [3.63, 3.8) is 0 Å². The Balaban J connectivity index is 2.61. The molecule has 0 heterocycles. The van der Waals surface area contributed by atoms with Gasteiger partial charge in [0.1, 0.15) is 5.82 Å². The second kappa shape index (κ2) is 5.12. The molecule has 0 amide bonds. The van der Waals surface area contributed by atoms with E-state index < -0.39 is 0 Å². The molecule has 1 aromatic carbocycles. The van der Waals surface area contributed by atoms with Crippen LogP contribution in [0.2, 0.25) is 0 Å². The van der Waals surface area contributed by atoms with E-state index in [0.717, 1.165) is 17.3 Å². The van der Waals surface area contributed by atoms with Gasteiger partial charge in [0.15, 0.2) is 0 Å². The Morgan fingerprint density at radius 2 is 2.23 bits per heavy atom. The van der Waals surface area contributed by atoms with Gasteiger partial charge in [-0.25, -0.2) is 4.39 Å². The highest BCUT2D eigenvalue weighted by atomic mass is 32.2. The maximum atomic E-state index is 13.0. The molecule has 0 aliphatic heterocycles. The van der Waals surface area contributed by atoms with E-state index >= 15 is 0 Å². The van der Waals surface area contributed by atoms with Crippen molar-refractivity contribution in [1.29, 1.82) is 0 Å². The van der Waals surface area contributed by atoms with E-state index in [9.17, 15) is 4.39 Å². The second-order valence-corrected chi connectivity index (χ2v) is 4.00. The summed E-state index contributed by atoms with van der Waals surface area (Å²) in [5.41, 5.74) is 1.58. The van der Waals surface area contributed by atoms with E-state index in [1.165, 1.54) is 6.07 Å². The predicted octanol–water partition coefficient (Wildman–Crippen LogP) is 3.26. The highest BCUT2D eigenvalue weighted by Gasteiger charge is 2.01. The van der Waals surface area contributed by atoms with Crippen LogP contribution in [0.4, 0.5) is 10.1 Å². The molecule has 0 atom stereocenters. The van der Waals surface area contributed by atoms with Crippen molar-refractivity contribution in [2.24, 2.45) is 0 Å². The third-order valence-electron chi connectivity index (χ3n) is 1.84. The summed E-state index contributed by atoms with van der Waals surface area (Å²) in [7, 11) is 0. The van der Waals surface area contributed by atoms with Crippen LogP contribution in [-0.2, 0) is 0 Å². The minimum absolute atomic E-state index is 0.147. The van der Waals surface area contributed by atoms with Gasteiger partial charge in [0, 0.05) is 11.3 Å². The molecule has 1 N–H and O–H groups in total. The van der Waals surface area contributed by atoms with Crippen molar-refractivity contribution in [1.82, 2.24) is 0 Å². The smallest absolute Gasteiger partial charge is 0.128 e. The summed E-state index contributed by atoms with van der Waals surface area (Å²) >= 11 is 1.78. The number of nitrogens with one attached hydrogen (secondary N) is 1. The summed E-state index contributed by atoms with van der Waals surface area (Å²) in [5, 5.41) is 3.18. The standard InChI is InChI=1S/C10H14FNS/c1-3-13-7-12-10-6-4-5-9(11)8(10)2/h4-6,12H,3,7H2,1-2H3. The third-order valence-corrected chi connectivity index (χ3v) is 2.59. The van der Waals surface area contributed by atoms with Crippen LogP contribution in [0.1, 0.15) is 12.5 Å². The average molecular weight is 199 g/mol. The molecule has 0 bridgehead atoms. The molecule has 1 aromatic rings. The summed E-state index contributed by atoms with van der Waals surface area (Å²) in [6, 6.07) is 5.10. The normalized spacial score (nSPS) is 10.1. The highest BCUT2D eigenvalue weighted by molar-refractivity contribution is 7.99. The molecule has 0 fully saturated rings. The molecule has 0 aliphatic rings. The summed E-state index contributed by atoms with van der Waals surface area (Å²) in [6.45, 7) is 3.89. The Hall–Kier alpha value is -0.700. The van der Waals surface area contributed by atoms with Gasteiger partial charge in [-0.05, 0) is 24.8 Å². The Morgan fingerprint density at radius 3 is 2.92 bits per heavy atom. The highest BCUT2D eigenvalue weighted by Crippen LogP contribution is 2.17. The van der Waals surface area contributed by atoms with Crippen molar-refractivity contribution < 1.29 is 4.39 Å². The fraction of sp³-hybridized carbons (Fsp3) is 0.400. The van der Waals surface area contributed by atoms with Gasteiger partial charge in [-0.15, -0.1) is 11.8 Å². The zero-order chi connectivity index (χ0) is 9.68. The van der Waals surface area contributed by atoms with Crippen LogP contribution in [0.5, 0.6) is 0 Å². The topological polar surface area (TPSA) is 12.0 Å². The van der Waals surface area contributed by atoms with E-state index in [-0.39, 0.29) is 5.82 Å². The molecule has 3 heteroatoms. The summed E-state index contributed by atoms with van der Waals surface area (Å²) in [4.78, 5) is 0. The van der Waals surface area contributed by atoms with Crippen molar-refractivity contribution in [3.05, 3.63) is 29.6 Å². The van der Waals surface area contributed by atoms with Gasteiger partial charge < -0.3 is 5.32 Å². The van der Waals surface area contributed by atoms with Crippen molar-refractivity contribution in [3.8, 4) is 0 Å². The zero-order valence-corrected chi connectivity index (χ0v) is 8.75. The van der Waals surface area contributed by atoms with E-state index in [1.807, 2.05) is 6.07 Å². The summed E-state index contributed by atoms with van der Waals surface area (Å²) < 4.78 is 13.0. The van der Waals surface area contributed by atoms with E-state index in [4.69, 9.17) is 0 Å². The lowest BCUT2D eigenvalue weighted by atomic mass is 10.2. The molecule has 1 nitrogen and oxygen atoms in total. The lowest BCUT2D eigenvalue weighted by Gasteiger charge is -2.08. The minimum atomic E-state index is -0.147. The first-order valence-electron chi connectivity index (χ1n) is 4.32. The maximum Gasteiger partial charge on any atom is 0.128 e. The van der Waals surface area contributed by atoms with Gasteiger partial charge in [-0.3, -0.25) is 0 Å². The van der Waals surface area contributed by atoms with E-state index in [1.54, 1.807) is 24.8 Å². The molecule has 0 unspecified atom stereocenters. The van der Waals surface area contributed by atoms with Crippen molar-refractivity contribution in [2.45, 2.75) is 13.8 Å². The van der Waals surface area contributed by atoms with Gasteiger partial charge in [0.25, 0.3) is 0 Å². The number of rotatable bonds is 4. The molecule has 13 heavy (non-hydrogen) atoms. The number of anilines is 1. The monoisotopic (exact) mass is 199 g/mol. The average Bonchev–Trinajstić information content (AvgIpc) is 2.13. The van der Waals surface area contributed by atoms with Gasteiger partial charge in [0.2, 0.25) is 0 Å². The third kappa shape index (κ3) is 2.92. The van der Waals surface area contributed by atoms with E-state index in [0.29, 0.717) is 5.56 Å². The zero-order valence-electron chi connectivity index (χ0n) is 7.93. The predicted molar refractivity (Wildman–Crippen MR) is 57.8 cm³/mol. The largest absolute Gasteiger partial charge is 0.376 e. The number of benzene rings is 1. The number of thioether (sulfide) groups is 1. The second-order valence-electron chi connectivity index (χ2n) is 2.73. The van der Waals surface area contributed by atoms with Crippen LogP contribution in [-0.4, -0.2) is 11.6 Å². The molecule has 72 valence electrons. The number of halogens is 1. The Morgan fingerprint density at radius 1 is 1.46 bits per heavy atom. The van der Waals surface area contributed by atoms with Gasteiger partial charge in [-0.2, -0.15) is 0 Å². The Labute approximate surface area is 82.7 Å². The minimum Gasteiger partial charge on any atom is -0.376 e. The summed E-state index contributed by atoms with van der Waals surface area (Å²) in [6.07, 6.45) is 0. The lowest BCUT2D eigenvalue weighted by molar-refractivity contribution is 0.619. The van der Waals surface area contributed by atoms with Crippen LogP contribution < -0.4 is 5.32 Å². The molecule has 0 aliphatic carbocycles. The molecule has 0 aromatic heterocycles. The van der Waals surface area contributed by atoms with Crippen LogP contribution >= 0.6 is 11.8 Å². The fourth-order valence-electron chi connectivity index (χ4n) is 1.03. The molecule has 0 saturated heterocycles. The van der Waals surface area contributed by atoms with Crippen LogP contribution in [0, 0.1) is 12.7 Å². The number of hydrogen-bond donors (Lipinski definition) is 1. The van der Waals surface area contributed by atoms with Crippen LogP contribution in [0.25, 0.3) is 0 Å². The van der Waals surface area contributed by atoms with Gasteiger partial charge in [0.05, 0.1) is 5.88 Å². The van der Waals surface area contributed by atoms with Gasteiger partial charge >= 0.3 is 0 Å². The Bertz CT molecular complexity index is 276. The molecule has 0 radical (unpaired) electrons. The Kier molecular flexibility index (Phi) is 4.09. The first-order chi connectivity index (χ1) is 6.25. The molecule has 1 rings (SSSR count). The van der Waals surface area contributed by atoms with E-state index in [2.05, 4.69) is 12.2 Å². The molecular weight excluding hydrogens is 185 g/mol. The van der Waals surface area contributed by atoms with Crippen LogP contribution in [0.3, 0.4) is 0 Å². The molecule has 0 spiro atoms. The number of hydrogen-bond acceptors (Lipinski definition) is 2. The van der Waals surface area contributed by atoms with Gasteiger partial charge in [-0.1, -0.05) is 13.0 Å². The van der Waals surface area contributed by atoms with Crippen molar-refractivity contribution in [2.75, 3.05) is 16.9 Å². The van der Waals surface area contributed by atoms with Crippen LogP contribution in [0.15, 0.2) is 18.2 Å². The summed E-state index contributed by atoms with van der Waals surface area (Å²) in [5.74, 6) is 1.76. The molecular formula is C10H14FNS. The quantitative estimate of drug-likeness (QED) is 0.590. The lowest BCUT2D eigenvalue weighted by Crippen LogP contribution is -2.00.